The van der Waals surface area contributed by atoms with Crippen LogP contribution >= 0.6 is 11.3 Å². The first-order chi connectivity index (χ1) is 10.8. The predicted molar refractivity (Wildman–Crippen MR) is 92.5 cm³/mol. The number of anilines is 1. The Morgan fingerprint density at radius 1 is 1.00 bits per heavy atom. The SMILES string of the molecule is Oc1ccc(CNCCCNc2nc3ccccc3s2)cc1. The Bertz CT molecular complexity index is 691. The molecule has 22 heavy (non-hydrogen) atoms. The molecular weight excluding hydrogens is 294 g/mol. The monoisotopic (exact) mass is 313 g/mol. The van der Waals surface area contributed by atoms with E-state index in [1.807, 2.05) is 30.3 Å². The molecule has 3 aromatic rings. The molecule has 0 atom stereocenters. The zero-order chi connectivity index (χ0) is 15.2. The van der Waals surface area contributed by atoms with Crippen molar-refractivity contribution in [3.63, 3.8) is 0 Å². The van der Waals surface area contributed by atoms with Crippen molar-refractivity contribution in [2.24, 2.45) is 0 Å². The van der Waals surface area contributed by atoms with Gasteiger partial charge in [-0.2, -0.15) is 0 Å². The summed E-state index contributed by atoms with van der Waals surface area (Å²) in [7, 11) is 0. The Kier molecular flexibility index (Phi) is 4.88. The molecule has 0 radical (unpaired) electrons. The first kappa shape index (κ1) is 14.8. The van der Waals surface area contributed by atoms with E-state index < -0.39 is 0 Å². The lowest BCUT2D eigenvalue weighted by Crippen LogP contribution is -2.17. The molecule has 1 heterocycles. The van der Waals surface area contributed by atoms with Crippen LogP contribution in [-0.4, -0.2) is 23.2 Å². The van der Waals surface area contributed by atoms with Gasteiger partial charge in [-0.15, -0.1) is 0 Å². The molecule has 1 aromatic heterocycles. The summed E-state index contributed by atoms with van der Waals surface area (Å²) >= 11 is 1.69. The Balaban J connectivity index is 1.36. The topological polar surface area (TPSA) is 57.2 Å². The van der Waals surface area contributed by atoms with Crippen molar-refractivity contribution in [1.29, 1.82) is 0 Å². The third-order valence-corrected chi connectivity index (χ3v) is 4.36. The van der Waals surface area contributed by atoms with E-state index in [9.17, 15) is 5.11 Å². The number of para-hydroxylation sites is 1. The van der Waals surface area contributed by atoms with E-state index in [-0.39, 0.29) is 0 Å². The summed E-state index contributed by atoms with van der Waals surface area (Å²) in [6.45, 7) is 2.67. The minimum atomic E-state index is 0.309. The number of benzene rings is 2. The van der Waals surface area contributed by atoms with Crippen molar-refractivity contribution in [2.75, 3.05) is 18.4 Å². The highest BCUT2D eigenvalue weighted by molar-refractivity contribution is 7.22. The number of phenols is 1. The minimum absolute atomic E-state index is 0.309. The van der Waals surface area contributed by atoms with E-state index in [0.717, 1.165) is 36.7 Å². The van der Waals surface area contributed by atoms with Crippen LogP contribution in [0.2, 0.25) is 0 Å². The molecule has 0 spiro atoms. The molecule has 0 aliphatic heterocycles. The predicted octanol–water partition coefficient (Wildman–Crippen LogP) is 3.59. The lowest BCUT2D eigenvalue weighted by atomic mass is 10.2. The zero-order valence-electron chi connectivity index (χ0n) is 12.2. The largest absolute Gasteiger partial charge is 0.508 e. The number of hydrogen-bond acceptors (Lipinski definition) is 5. The molecule has 0 saturated heterocycles. The van der Waals surface area contributed by atoms with E-state index in [1.165, 1.54) is 10.3 Å². The summed E-state index contributed by atoms with van der Waals surface area (Å²) < 4.78 is 1.22. The van der Waals surface area contributed by atoms with Crippen LogP contribution in [0.5, 0.6) is 5.75 Å². The second-order valence-corrected chi connectivity index (χ2v) is 6.14. The fourth-order valence-corrected chi connectivity index (χ4v) is 3.09. The highest BCUT2D eigenvalue weighted by Gasteiger charge is 2.01. The number of hydrogen-bond donors (Lipinski definition) is 3. The summed E-state index contributed by atoms with van der Waals surface area (Å²) in [6, 6.07) is 15.5. The first-order valence-corrected chi connectivity index (χ1v) is 8.21. The fraction of sp³-hybridized carbons (Fsp3) is 0.235. The van der Waals surface area contributed by atoms with Gasteiger partial charge in [-0.25, -0.2) is 4.98 Å². The van der Waals surface area contributed by atoms with Crippen molar-refractivity contribution in [3.8, 4) is 5.75 Å². The maximum Gasteiger partial charge on any atom is 0.183 e. The lowest BCUT2D eigenvalue weighted by Gasteiger charge is -2.05. The second-order valence-electron chi connectivity index (χ2n) is 5.11. The van der Waals surface area contributed by atoms with Crippen LogP contribution in [-0.2, 0) is 6.54 Å². The molecule has 3 rings (SSSR count). The summed E-state index contributed by atoms with van der Waals surface area (Å²) in [4.78, 5) is 4.55. The Labute approximate surface area is 133 Å². The van der Waals surface area contributed by atoms with E-state index >= 15 is 0 Å². The van der Waals surface area contributed by atoms with Crippen LogP contribution in [0.4, 0.5) is 5.13 Å². The molecule has 2 aromatic carbocycles. The van der Waals surface area contributed by atoms with Crippen LogP contribution < -0.4 is 10.6 Å². The number of fused-ring (bicyclic) bond motifs is 1. The highest BCUT2D eigenvalue weighted by atomic mass is 32.1. The summed E-state index contributed by atoms with van der Waals surface area (Å²) in [5.74, 6) is 0.309. The van der Waals surface area contributed by atoms with Crippen molar-refractivity contribution < 1.29 is 5.11 Å². The maximum atomic E-state index is 9.23. The average molecular weight is 313 g/mol. The maximum absolute atomic E-state index is 9.23. The van der Waals surface area contributed by atoms with Crippen molar-refractivity contribution >= 4 is 26.7 Å². The molecule has 0 aliphatic carbocycles. The minimum Gasteiger partial charge on any atom is -0.508 e. The van der Waals surface area contributed by atoms with Crippen LogP contribution in [0.15, 0.2) is 48.5 Å². The van der Waals surface area contributed by atoms with Crippen molar-refractivity contribution in [1.82, 2.24) is 10.3 Å². The molecule has 0 aliphatic rings. The third kappa shape index (κ3) is 3.96. The lowest BCUT2D eigenvalue weighted by molar-refractivity contribution is 0.475. The number of rotatable bonds is 7. The number of thiazole rings is 1. The van der Waals surface area contributed by atoms with E-state index in [0.29, 0.717) is 5.75 Å². The molecule has 0 saturated carbocycles. The van der Waals surface area contributed by atoms with Crippen LogP contribution in [0, 0.1) is 0 Å². The van der Waals surface area contributed by atoms with Crippen molar-refractivity contribution in [2.45, 2.75) is 13.0 Å². The molecular formula is C17H19N3OS. The van der Waals surface area contributed by atoms with Crippen LogP contribution in [0.25, 0.3) is 10.2 Å². The smallest absolute Gasteiger partial charge is 0.183 e. The number of aromatic nitrogens is 1. The average Bonchev–Trinajstić information content (AvgIpc) is 2.95. The van der Waals surface area contributed by atoms with Gasteiger partial charge in [0, 0.05) is 13.1 Å². The van der Waals surface area contributed by atoms with Gasteiger partial charge in [-0.3, -0.25) is 0 Å². The molecule has 0 fully saturated rings. The molecule has 0 amide bonds. The van der Waals surface area contributed by atoms with Crippen molar-refractivity contribution in [3.05, 3.63) is 54.1 Å². The van der Waals surface area contributed by atoms with Gasteiger partial charge >= 0.3 is 0 Å². The quantitative estimate of drug-likeness (QED) is 0.583. The van der Waals surface area contributed by atoms with Crippen LogP contribution in [0.3, 0.4) is 0 Å². The number of phenolic OH excluding ortho intramolecular Hbond substituents is 1. The number of aromatic hydroxyl groups is 1. The van der Waals surface area contributed by atoms with E-state index in [4.69, 9.17) is 0 Å². The first-order valence-electron chi connectivity index (χ1n) is 7.39. The standard InChI is InChI=1S/C17H19N3OS/c21-14-8-6-13(7-9-14)12-18-10-3-11-19-17-20-15-4-1-2-5-16(15)22-17/h1-2,4-9,18,21H,3,10-12H2,(H,19,20). The van der Waals surface area contributed by atoms with Gasteiger partial charge in [0.25, 0.3) is 0 Å². The molecule has 0 bridgehead atoms. The molecule has 4 nitrogen and oxygen atoms in total. The Hall–Kier alpha value is -2.11. The van der Waals surface area contributed by atoms with Gasteiger partial charge in [0.05, 0.1) is 10.2 Å². The number of nitrogens with one attached hydrogen (secondary N) is 2. The molecule has 114 valence electrons. The second kappa shape index (κ2) is 7.24. The molecule has 0 unspecified atom stereocenters. The Morgan fingerprint density at radius 3 is 2.64 bits per heavy atom. The van der Waals surface area contributed by atoms with Gasteiger partial charge in [0.15, 0.2) is 5.13 Å². The summed E-state index contributed by atoms with van der Waals surface area (Å²) in [5.41, 5.74) is 2.23. The molecule has 3 N–H and O–H groups in total. The highest BCUT2D eigenvalue weighted by Crippen LogP contribution is 2.25. The summed E-state index contributed by atoms with van der Waals surface area (Å²) in [6.07, 6.45) is 1.04. The van der Waals surface area contributed by atoms with Gasteiger partial charge in [0.2, 0.25) is 0 Å². The van der Waals surface area contributed by atoms with Crippen LogP contribution in [0.1, 0.15) is 12.0 Å². The number of nitrogens with zero attached hydrogens (tertiary/aromatic N) is 1. The van der Waals surface area contributed by atoms with Gasteiger partial charge in [-0.1, -0.05) is 35.6 Å². The fourth-order valence-electron chi connectivity index (χ4n) is 2.20. The zero-order valence-corrected chi connectivity index (χ0v) is 13.1. The van der Waals surface area contributed by atoms with Gasteiger partial charge < -0.3 is 15.7 Å². The van der Waals surface area contributed by atoms with E-state index in [2.05, 4.69) is 21.7 Å². The third-order valence-electron chi connectivity index (χ3n) is 3.37. The van der Waals surface area contributed by atoms with E-state index in [1.54, 1.807) is 23.5 Å². The Morgan fingerprint density at radius 2 is 1.82 bits per heavy atom. The summed E-state index contributed by atoms with van der Waals surface area (Å²) in [5, 5.41) is 17.0. The molecule has 5 heteroatoms. The normalized spacial score (nSPS) is 10.9. The van der Waals surface area contributed by atoms with Gasteiger partial charge in [0.1, 0.15) is 5.75 Å². The van der Waals surface area contributed by atoms with Gasteiger partial charge in [-0.05, 0) is 42.8 Å².